The maximum absolute atomic E-state index is 12.3. The van der Waals surface area contributed by atoms with Crippen LogP contribution < -0.4 is 4.72 Å². The van der Waals surface area contributed by atoms with E-state index >= 15 is 0 Å². The Morgan fingerprint density at radius 2 is 1.30 bits per heavy atom. The van der Waals surface area contributed by atoms with Crippen molar-refractivity contribution in [2.75, 3.05) is 4.72 Å². The van der Waals surface area contributed by atoms with Gasteiger partial charge in [0.05, 0.1) is 10.6 Å². The molecule has 0 fully saturated rings. The summed E-state index contributed by atoms with van der Waals surface area (Å²) in [5, 5.41) is 0.662. The van der Waals surface area contributed by atoms with Crippen LogP contribution in [0.25, 0.3) is 11.1 Å². The number of anilines is 1. The van der Waals surface area contributed by atoms with Gasteiger partial charge in [-0.05, 0) is 47.5 Å². The van der Waals surface area contributed by atoms with Crippen LogP contribution in [0.1, 0.15) is 0 Å². The fourth-order valence-electron chi connectivity index (χ4n) is 2.10. The Bertz CT molecular complexity index is 894. The van der Waals surface area contributed by atoms with Crippen molar-refractivity contribution in [1.29, 1.82) is 0 Å². The van der Waals surface area contributed by atoms with Crippen LogP contribution in [-0.4, -0.2) is 13.4 Å². The third-order valence-electron chi connectivity index (χ3n) is 3.27. The Kier molecular flexibility index (Phi) is 4.32. The lowest BCUT2D eigenvalue weighted by Crippen LogP contribution is -2.12. The van der Waals surface area contributed by atoms with Gasteiger partial charge in [0.25, 0.3) is 10.0 Å². The summed E-state index contributed by atoms with van der Waals surface area (Å²) in [6, 6.07) is 17.3. The molecule has 6 heteroatoms. The average molecular weight is 345 g/mol. The number of nitrogens with zero attached hydrogens (tertiary/aromatic N) is 1. The van der Waals surface area contributed by atoms with Crippen LogP contribution in [-0.2, 0) is 10.0 Å². The van der Waals surface area contributed by atoms with Gasteiger partial charge in [-0.15, -0.1) is 0 Å². The fourth-order valence-corrected chi connectivity index (χ4v) is 3.29. The monoisotopic (exact) mass is 344 g/mol. The van der Waals surface area contributed by atoms with E-state index in [-0.39, 0.29) is 4.90 Å². The normalized spacial score (nSPS) is 11.2. The first kappa shape index (κ1) is 15.5. The molecule has 0 spiro atoms. The molecule has 1 aromatic heterocycles. The van der Waals surface area contributed by atoms with E-state index in [2.05, 4.69) is 9.71 Å². The number of pyridine rings is 1. The van der Waals surface area contributed by atoms with Crippen molar-refractivity contribution in [2.45, 2.75) is 4.90 Å². The third kappa shape index (κ3) is 3.70. The van der Waals surface area contributed by atoms with Crippen molar-refractivity contribution < 1.29 is 8.42 Å². The Hall–Kier alpha value is -2.37. The molecule has 0 bridgehead atoms. The zero-order valence-electron chi connectivity index (χ0n) is 12.0. The lowest BCUT2D eigenvalue weighted by molar-refractivity contribution is 0.601. The first-order valence-corrected chi connectivity index (χ1v) is 8.69. The molecule has 1 N–H and O–H groups in total. The molecule has 0 aliphatic heterocycles. The van der Waals surface area contributed by atoms with Crippen molar-refractivity contribution in [3.8, 4) is 11.1 Å². The molecule has 0 amide bonds. The van der Waals surface area contributed by atoms with Crippen LogP contribution in [0.2, 0.25) is 5.02 Å². The van der Waals surface area contributed by atoms with Crippen LogP contribution in [0.15, 0.2) is 78.0 Å². The molecule has 3 rings (SSSR count). The van der Waals surface area contributed by atoms with Crippen molar-refractivity contribution in [3.63, 3.8) is 0 Å². The summed E-state index contributed by atoms with van der Waals surface area (Å²) in [5.41, 5.74) is 2.37. The number of aromatic nitrogens is 1. The number of hydrogen-bond donors (Lipinski definition) is 1. The average Bonchev–Trinajstić information content (AvgIpc) is 2.56. The van der Waals surface area contributed by atoms with Crippen molar-refractivity contribution >= 4 is 27.3 Å². The minimum atomic E-state index is -3.62. The highest BCUT2D eigenvalue weighted by molar-refractivity contribution is 7.92. The van der Waals surface area contributed by atoms with E-state index in [1.54, 1.807) is 48.5 Å². The van der Waals surface area contributed by atoms with E-state index in [1.165, 1.54) is 12.4 Å². The number of halogens is 1. The van der Waals surface area contributed by atoms with Gasteiger partial charge in [0.2, 0.25) is 0 Å². The summed E-state index contributed by atoms with van der Waals surface area (Å²) >= 11 is 5.87. The molecule has 0 aliphatic rings. The van der Waals surface area contributed by atoms with E-state index in [1.807, 2.05) is 12.1 Å². The molecule has 3 aromatic rings. The van der Waals surface area contributed by atoms with Gasteiger partial charge in [0.15, 0.2) is 0 Å². The molecule has 0 saturated heterocycles. The van der Waals surface area contributed by atoms with E-state index in [0.717, 1.165) is 11.1 Å². The first-order chi connectivity index (χ1) is 11.0. The molecule has 0 unspecified atom stereocenters. The number of hydrogen-bond acceptors (Lipinski definition) is 3. The van der Waals surface area contributed by atoms with Crippen molar-refractivity contribution in [3.05, 3.63) is 78.1 Å². The maximum Gasteiger partial charge on any atom is 0.261 e. The highest BCUT2D eigenvalue weighted by Gasteiger charge is 2.14. The van der Waals surface area contributed by atoms with Crippen LogP contribution in [0, 0.1) is 0 Å². The lowest BCUT2D eigenvalue weighted by atomic mass is 10.1. The van der Waals surface area contributed by atoms with Gasteiger partial charge in [-0.25, -0.2) is 8.42 Å². The van der Waals surface area contributed by atoms with Gasteiger partial charge in [0, 0.05) is 17.4 Å². The highest BCUT2D eigenvalue weighted by atomic mass is 35.5. The van der Waals surface area contributed by atoms with Gasteiger partial charge in [-0.2, -0.15) is 0 Å². The standard InChI is InChI=1S/C17H13ClN2O2S/c18-15-5-1-13(2-6-15)14-3-7-17(8-4-14)23(21,22)20-16-9-11-19-12-10-16/h1-12H,(H,19,20). The topological polar surface area (TPSA) is 59.1 Å². The highest BCUT2D eigenvalue weighted by Crippen LogP contribution is 2.24. The largest absolute Gasteiger partial charge is 0.280 e. The number of nitrogens with one attached hydrogen (secondary N) is 1. The zero-order chi connectivity index (χ0) is 16.3. The Labute approximate surface area is 139 Å². The summed E-state index contributed by atoms with van der Waals surface area (Å²) in [5.74, 6) is 0. The molecular weight excluding hydrogens is 332 g/mol. The van der Waals surface area contributed by atoms with Gasteiger partial charge < -0.3 is 0 Å². The third-order valence-corrected chi connectivity index (χ3v) is 4.92. The van der Waals surface area contributed by atoms with E-state index in [4.69, 9.17) is 11.6 Å². The fraction of sp³-hybridized carbons (Fsp3) is 0. The number of sulfonamides is 1. The molecule has 116 valence electrons. The second-order valence-electron chi connectivity index (χ2n) is 4.87. The van der Waals surface area contributed by atoms with E-state index in [0.29, 0.717) is 10.7 Å². The van der Waals surface area contributed by atoms with Crippen LogP contribution in [0.4, 0.5) is 5.69 Å². The summed E-state index contributed by atoms with van der Waals surface area (Å²) < 4.78 is 27.2. The van der Waals surface area contributed by atoms with Crippen LogP contribution >= 0.6 is 11.6 Å². The van der Waals surface area contributed by atoms with Gasteiger partial charge in [-0.3, -0.25) is 9.71 Å². The van der Waals surface area contributed by atoms with Gasteiger partial charge >= 0.3 is 0 Å². The molecule has 0 radical (unpaired) electrons. The predicted octanol–water partition coefficient (Wildman–Crippen LogP) is 4.20. The number of benzene rings is 2. The predicted molar refractivity (Wildman–Crippen MR) is 91.9 cm³/mol. The van der Waals surface area contributed by atoms with Crippen molar-refractivity contribution in [2.24, 2.45) is 0 Å². The summed E-state index contributed by atoms with van der Waals surface area (Å²) in [4.78, 5) is 4.06. The maximum atomic E-state index is 12.3. The molecule has 0 aliphatic carbocycles. The minimum Gasteiger partial charge on any atom is -0.280 e. The van der Waals surface area contributed by atoms with Gasteiger partial charge in [-0.1, -0.05) is 35.9 Å². The summed E-state index contributed by atoms with van der Waals surface area (Å²) in [6.07, 6.45) is 3.06. The Morgan fingerprint density at radius 3 is 1.87 bits per heavy atom. The quantitative estimate of drug-likeness (QED) is 0.771. The molecule has 1 heterocycles. The summed E-state index contributed by atoms with van der Waals surface area (Å²) in [7, 11) is -3.62. The SMILES string of the molecule is O=S(=O)(Nc1ccncc1)c1ccc(-c2ccc(Cl)cc2)cc1. The van der Waals surface area contributed by atoms with Crippen molar-refractivity contribution in [1.82, 2.24) is 4.98 Å². The number of rotatable bonds is 4. The Morgan fingerprint density at radius 1 is 0.783 bits per heavy atom. The van der Waals surface area contributed by atoms with E-state index < -0.39 is 10.0 Å². The summed E-state index contributed by atoms with van der Waals surface area (Å²) in [6.45, 7) is 0. The molecular formula is C17H13ClN2O2S. The first-order valence-electron chi connectivity index (χ1n) is 6.83. The molecule has 4 nitrogen and oxygen atoms in total. The van der Waals surface area contributed by atoms with Crippen LogP contribution in [0.3, 0.4) is 0 Å². The van der Waals surface area contributed by atoms with Gasteiger partial charge in [0.1, 0.15) is 0 Å². The van der Waals surface area contributed by atoms with Crippen LogP contribution in [0.5, 0.6) is 0 Å². The molecule has 0 saturated carbocycles. The van der Waals surface area contributed by atoms with E-state index in [9.17, 15) is 8.42 Å². The lowest BCUT2D eigenvalue weighted by Gasteiger charge is -2.08. The molecule has 2 aromatic carbocycles. The Balaban J connectivity index is 1.85. The second-order valence-corrected chi connectivity index (χ2v) is 6.99. The zero-order valence-corrected chi connectivity index (χ0v) is 13.6. The smallest absolute Gasteiger partial charge is 0.261 e. The minimum absolute atomic E-state index is 0.201. The second kappa shape index (κ2) is 6.40. The molecule has 23 heavy (non-hydrogen) atoms. The molecule has 0 atom stereocenters.